The molecule has 0 aliphatic rings. The second-order valence-corrected chi connectivity index (χ2v) is 3.19. The Labute approximate surface area is 82.0 Å². The molecule has 0 radical (unpaired) electrons. The summed E-state index contributed by atoms with van der Waals surface area (Å²) in [5, 5.41) is 3.05. The largest absolute Gasteiger partial charge is 0.330 e. The van der Waals surface area contributed by atoms with E-state index in [0.29, 0.717) is 12.1 Å². The molecular formula is C9H15N3O2. The summed E-state index contributed by atoms with van der Waals surface area (Å²) in [7, 11) is 3.12. The molecule has 0 atom stereocenters. The van der Waals surface area contributed by atoms with E-state index in [4.69, 9.17) is 0 Å². The number of aryl methyl sites for hydroxylation is 1. The predicted octanol–water partition coefficient (Wildman–Crippen LogP) is -0.806. The van der Waals surface area contributed by atoms with Crippen LogP contribution >= 0.6 is 0 Å². The molecule has 0 unspecified atom stereocenters. The van der Waals surface area contributed by atoms with E-state index >= 15 is 0 Å². The van der Waals surface area contributed by atoms with Gasteiger partial charge in [-0.25, -0.2) is 4.79 Å². The molecule has 0 spiro atoms. The van der Waals surface area contributed by atoms with E-state index in [1.54, 1.807) is 13.2 Å². The van der Waals surface area contributed by atoms with Crippen LogP contribution in [0.2, 0.25) is 0 Å². The first-order valence-corrected chi connectivity index (χ1v) is 4.54. The van der Waals surface area contributed by atoms with Crippen molar-refractivity contribution >= 4 is 0 Å². The zero-order chi connectivity index (χ0) is 10.7. The highest BCUT2D eigenvalue weighted by Crippen LogP contribution is 1.86. The molecule has 1 heterocycles. The van der Waals surface area contributed by atoms with Crippen LogP contribution in [0.4, 0.5) is 0 Å². The fourth-order valence-corrected chi connectivity index (χ4v) is 1.26. The molecule has 5 heteroatoms. The lowest BCUT2D eigenvalue weighted by molar-refractivity contribution is 0.641. The maximum Gasteiger partial charge on any atom is 0.330 e. The van der Waals surface area contributed by atoms with Crippen molar-refractivity contribution in [2.75, 3.05) is 6.54 Å². The second kappa shape index (κ2) is 4.23. The molecule has 78 valence electrons. The van der Waals surface area contributed by atoms with Gasteiger partial charge in [-0.2, -0.15) is 0 Å². The molecule has 1 rings (SSSR count). The van der Waals surface area contributed by atoms with Crippen LogP contribution < -0.4 is 16.6 Å². The van der Waals surface area contributed by atoms with E-state index in [-0.39, 0.29) is 11.2 Å². The average molecular weight is 197 g/mol. The molecule has 14 heavy (non-hydrogen) atoms. The third kappa shape index (κ3) is 1.93. The highest BCUT2D eigenvalue weighted by atomic mass is 16.2. The SMILES string of the molecule is CCNCc1cn(C)c(=O)n(C)c1=O. The van der Waals surface area contributed by atoms with Crippen molar-refractivity contribution in [3.63, 3.8) is 0 Å². The van der Waals surface area contributed by atoms with E-state index < -0.39 is 0 Å². The minimum atomic E-state index is -0.296. The van der Waals surface area contributed by atoms with Crippen molar-refractivity contribution in [1.82, 2.24) is 14.5 Å². The molecule has 5 nitrogen and oxygen atoms in total. The van der Waals surface area contributed by atoms with Gasteiger partial charge in [0.25, 0.3) is 5.56 Å². The standard InChI is InChI=1S/C9H15N3O2/c1-4-10-5-7-6-11(2)9(14)12(3)8(7)13/h6,10H,4-5H2,1-3H3. The van der Waals surface area contributed by atoms with Gasteiger partial charge in [-0.05, 0) is 6.54 Å². The van der Waals surface area contributed by atoms with Crippen molar-refractivity contribution in [1.29, 1.82) is 0 Å². The van der Waals surface area contributed by atoms with Gasteiger partial charge in [-0.3, -0.25) is 9.36 Å². The van der Waals surface area contributed by atoms with Crippen LogP contribution in [0.25, 0.3) is 0 Å². The van der Waals surface area contributed by atoms with Crippen molar-refractivity contribution in [2.24, 2.45) is 14.1 Å². The van der Waals surface area contributed by atoms with Crippen LogP contribution in [0.3, 0.4) is 0 Å². The Kier molecular flexibility index (Phi) is 3.24. The Morgan fingerprint density at radius 3 is 2.57 bits per heavy atom. The van der Waals surface area contributed by atoms with Gasteiger partial charge in [-0.15, -0.1) is 0 Å². The van der Waals surface area contributed by atoms with Gasteiger partial charge in [0.05, 0.1) is 0 Å². The summed E-state index contributed by atoms with van der Waals surface area (Å²) in [6, 6.07) is 0. The smallest absolute Gasteiger partial charge is 0.313 e. The average Bonchev–Trinajstić information content (AvgIpc) is 2.18. The van der Waals surface area contributed by atoms with E-state index in [9.17, 15) is 9.59 Å². The van der Waals surface area contributed by atoms with Crippen LogP contribution in [0.15, 0.2) is 15.8 Å². The number of nitrogens with zero attached hydrogens (tertiary/aromatic N) is 2. The summed E-state index contributed by atoms with van der Waals surface area (Å²) in [5.41, 5.74) is 0.0840. The summed E-state index contributed by atoms with van der Waals surface area (Å²) in [6.45, 7) is 3.26. The second-order valence-electron chi connectivity index (χ2n) is 3.19. The third-order valence-electron chi connectivity index (χ3n) is 2.08. The quantitative estimate of drug-likeness (QED) is 0.689. The summed E-state index contributed by atoms with van der Waals surface area (Å²) < 4.78 is 2.53. The number of aromatic nitrogens is 2. The monoisotopic (exact) mass is 197 g/mol. The van der Waals surface area contributed by atoms with Gasteiger partial charge in [0, 0.05) is 32.4 Å². The number of nitrogens with one attached hydrogen (secondary N) is 1. The van der Waals surface area contributed by atoms with E-state index in [1.807, 2.05) is 6.92 Å². The fraction of sp³-hybridized carbons (Fsp3) is 0.556. The highest BCUT2D eigenvalue weighted by molar-refractivity contribution is 5.04. The Bertz CT molecular complexity index is 431. The zero-order valence-electron chi connectivity index (χ0n) is 8.70. The van der Waals surface area contributed by atoms with Crippen LogP contribution in [0.1, 0.15) is 12.5 Å². The van der Waals surface area contributed by atoms with Gasteiger partial charge in [0.15, 0.2) is 0 Å². The molecule has 0 fully saturated rings. The molecular weight excluding hydrogens is 182 g/mol. The topological polar surface area (TPSA) is 56.0 Å². The lowest BCUT2D eigenvalue weighted by atomic mass is 10.3. The number of hydrogen-bond donors (Lipinski definition) is 1. The van der Waals surface area contributed by atoms with E-state index in [2.05, 4.69) is 5.32 Å². The minimum Gasteiger partial charge on any atom is -0.313 e. The molecule has 1 aromatic heterocycles. The molecule has 1 aromatic rings. The molecule has 0 saturated heterocycles. The fourth-order valence-electron chi connectivity index (χ4n) is 1.26. The van der Waals surface area contributed by atoms with Crippen molar-refractivity contribution in [2.45, 2.75) is 13.5 Å². The van der Waals surface area contributed by atoms with Gasteiger partial charge in [0.1, 0.15) is 0 Å². The van der Waals surface area contributed by atoms with Gasteiger partial charge >= 0.3 is 5.69 Å². The van der Waals surface area contributed by atoms with Gasteiger partial charge < -0.3 is 9.88 Å². The molecule has 0 aliphatic heterocycles. The lowest BCUT2D eigenvalue weighted by Crippen LogP contribution is -2.39. The van der Waals surface area contributed by atoms with Crippen molar-refractivity contribution in [3.05, 3.63) is 32.6 Å². The molecule has 0 bridgehead atoms. The first-order chi connectivity index (χ1) is 6.57. The molecule has 0 amide bonds. The predicted molar refractivity (Wildman–Crippen MR) is 54.3 cm³/mol. The number of rotatable bonds is 3. The Morgan fingerprint density at radius 1 is 1.36 bits per heavy atom. The van der Waals surface area contributed by atoms with Gasteiger partial charge in [-0.1, -0.05) is 6.92 Å². The highest BCUT2D eigenvalue weighted by Gasteiger charge is 2.05. The molecule has 1 N–H and O–H groups in total. The van der Waals surface area contributed by atoms with Crippen LogP contribution in [-0.2, 0) is 20.6 Å². The van der Waals surface area contributed by atoms with E-state index in [1.165, 1.54) is 11.6 Å². The number of hydrogen-bond acceptors (Lipinski definition) is 3. The molecule has 0 saturated carbocycles. The Hall–Kier alpha value is -1.36. The summed E-state index contributed by atoms with van der Waals surface area (Å²) in [4.78, 5) is 22.9. The van der Waals surface area contributed by atoms with Crippen LogP contribution in [-0.4, -0.2) is 15.7 Å². The van der Waals surface area contributed by atoms with Crippen LogP contribution in [0.5, 0.6) is 0 Å². The maximum absolute atomic E-state index is 11.6. The molecule has 0 aliphatic carbocycles. The zero-order valence-corrected chi connectivity index (χ0v) is 8.70. The summed E-state index contributed by atoms with van der Waals surface area (Å²) in [5.74, 6) is 0. The minimum absolute atomic E-state index is 0.228. The van der Waals surface area contributed by atoms with Crippen LogP contribution in [0, 0.1) is 0 Å². The molecule has 0 aromatic carbocycles. The third-order valence-corrected chi connectivity index (χ3v) is 2.08. The maximum atomic E-state index is 11.6. The lowest BCUT2D eigenvalue weighted by Gasteiger charge is -2.06. The summed E-state index contributed by atoms with van der Waals surface area (Å²) >= 11 is 0. The Balaban J connectivity index is 3.20. The first-order valence-electron chi connectivity index (χ1n) is 4.54. The summed E-state index contributed by atoms with van der Waals surface area (Å²) in [6.07, 6.45) is 1.58. The van der Waals surface area contributed by atoms with Gasteiger partial charge in [0.2, 0.25) is 0 Å². The van der Waals surface area contributed by atoms with E-state index in [0.717, 1.165) is 11.1 Å². The Morgan fingerprint density at radius 2 is 2.00 bits per heavy atom. The van der Waals surface area contributed by atoms with Crippen molar-refractivity contribution < 1.29 is 0 Å². The van der Waals surface area contributed by atoms with Crippen molar-refractivity contribution in [3.8, 4) is 0 Å². The normalized spacial score (nSPS) is 10.5. The first kappa shape index (κ1) is 10.7.